The third kappa shape index (κ3) is 6.79. The van der Waals surface area contributed by atoms with E-state index in [0.717, 1.165) is 28.0 Å². The summed E-state index contributed by atoms with van der Waals surface area (Å²) in [6.45, 7) is 13.0. The molecule has 0 saturated carbocycles. The number of thiophene rings is 1. The predicted molar refractivity (Wildman–Crippen MR) is 192 cm³/mol. The van der Waals surface area contributed by atoms with Crippen LogP contribution in [0.3, 0.4) is 0 Å². The second kappa shape index (κ2) is 12.8. The highest BCUT2D eigenvalue weighted by Gasteiger charge is 2.27. The highest BCUT2D eigenvalue weighted by molar-refractivity contribution is 7.87. The molecule has 0 unspecified atom stereocenters. The van der Waals surface area contributed by atoms with Gasteiger partial charge in [0.1, 0.15) is 27.6 Å². The Morgan fingerprint density at radius 2 is 1.55 bits per heavy atom. The van der Waals surface area contributed by atoms with Gasteiger partial charge >= 0.3 is 22.1 Å². The smallest absolute Gasteiger partial charge is 0.345 e. The van der Waals surface area contributed by atoms with Gasteiger partial charge in [0, 0.05) is 33.4 Å². The summed E-state index contributed by atoms with van der Waals surface area (Å²) in [5, 5.41) is 3.41. The minimum atomic E-state index is -4.46. The van der Waals surface area contributed by atoms with E-state index >= 15 is 0 Å². The van der Waals surface area contributed by atoms with Gasteiger partial charge in [-0.25, -0.2) is 9.59 Å². The molecule has 6 rings (SSSR count). The molecule has 0 atom stereocenters. The van der Waals surface area contributed by atoms with Crippen molar-refractivity contribution in [2.45, 2.75) is 59.0 Å². The van der Waals surface area contributed by atoms with Crippen molar-refractivity contribution >= 4 is 54.3 Å². The number of hydrogen-bond donors (Lipinski definition) is 0. The van der Waals surface area contributed by atoms with Gasteiger partial charge in [-0.2, -0.15) is 8.42 Å². The first-order chi connectivity index (χ1) is 23.1. The van der Waals surface area contributed by atoms with Crippen LogP contribution in [-0.2, 0) is 14.9 Å². The second-order valence-electron chi connectivity index (χ2n) is 12.9. The lowest BCUT2D eigenvalue weighted by Gasteiger charge is -2.21. The first kappa shape index (κ1) is 33.8. The third-order valence-electron chi connectivity index (χ3n) is 8.08. The zero-order chi connectivity index (χ0) is 35.2. The Bertz CT molecular complexity index is 2370. The minimum Gasteiger partial charge on any atom is -0.456 e. The van der Waals surface area contributed by atoms with Crippen LogP contribution in [0.4, 0.5) is 0 Å². The number of aromatic nitrogens is 1. The van der Waals surface area contributed by atoms with E-state index in [1.165, 1.54) is 51.1 Å². The van der Waals surface area contributed by atoms with Crippen LogP contribution in [0.25, 0.3) is 32.0 Å². The SMILES string of the molecule is Cc1cc(-c2c3ccccc3cc3sc(C)c(C)c23)cc(C)c1OS(=O)(=O)c1ccc(C(=O)OC(C)(C)C)c(OC(=O)c2cccnc2)c1. The van der Waals surface area contributed by atoms with Crippen molar-refractivity contribution in [3.63, 3.8) is 0 Å². The fraction of sp³-hybridized carbons (Fsp3) is 0.205. The van der Waals surface area contributed by atoms with Crippen LogP contribution in [-0.4, -0.2) is 30.9 Å². The van der Waals surface area contributed by atoms with E-state index in [1.54, 1.807) is 38.2 Å². The highest BCUT2D eigenvalue weighted by Crippen LogP contribution is 2.44. The lowest BCUT2D eigenvalue weighted by Crippen LogP contribution is -2.25. The van der Waals surface area contributed by atoms with Crippen LogP contribution < -0.4 is 8.92 Å². The maximum atomic E-state index is 13.8. The number of fused-ring (bicyclic) bond motifs is 2. The minimum absolute atomic E-state index is 0.116. The summed E-state index contributed by atoms with van der Waals surface area (Å²) in [7, 11) is -4.46. The van der Waals surface area contributed by atoms with Crippen molar-refractivity contribution in [3.05, 3.63) is 118 Å². The van der Waals surface area contributed by atoms with Crippen LogP contribution in [0.5, 0.6) is 11.5 Å². The van der Waals surface area contributed by atoms with Crippen molar-refractivity contribution in [1.82, 2.24) is 4.98 Å². The number of benzene rings is 4. The molecule has 8 nitrogen and oxygen atoms in total. The van der Waals surface area contributed by atoms with E-state index in [2.05, 4.69) is 37.0 Å². The van der Waals surface area contributed by atoms with Crippen molar-refractivity contribution in [1.29, 1.82) is 0 Å². The van der Waals surface area contributed by atoms with Crippen LogP contribution in [0, 0.1) is 27.7 Å². The number of ether oxygens (including phenoxy) is 2. The van der Waals surface area contributed by atoms with Crippen molar-refractivity contribution in [2.75, 3.05) is 0 Å². The Hall–Kier alpha value is -5.06. The maximum absolute atomic E-state index is 13.8. The summed E-state index contributed by atoms with van der Waals surface area (Å²) in [5.74, 6) is -1.72. The number of pyridine rings is 1. The van der Waals surface area contributed by atoms with E-state index in [-0.39, 0.29) is 27.5 Å². The summed E-state index contributed by atoms with van der Waals surface area (Å²) < 4.78 is 45.6. The molecule has 49 heavy (non-hydrogen) atoms. The second-order valence-corrected chi connectivity index (χ2v) is 15.7. The normalized spacial score (nSPS) is 11.9. The predicted octanol–water partition coefficient (Wildman–Crippen LogP) is 9.29. The van der Waals surface area contributed by atoms with Crippen LogP contribution >= 0.6 is 11.3 Å². The van der Waals surface area contributed by atoms with E-state index in [9.17, 15) is 18.0 Å². The van der Waals surface area contributed by atoms with E-state index in [0.29, 0.717) is 11.1 Å². The molecule has 250 valence electrons. The number of nitrogens with zero attached hydrogens (tertiary/aromatic N) is 1. The van der Waals surface area contributed by atoms with Crippen molar-refractivity contribution in [2.24, 2.45) is 0 Å². The molecular weight excluding hydrogens is 659 g/mol. The Balaban J connectivity index is 1.39. The monoisotopic (exact) mass is 693 g/mol. The topological polar surface area (TPSA) is 109 Å². The molecule has 0 amide bonds. The molecule has 0 saturated heterocycles. The molecule has 0 fully saturated rings. The number of carbonyl (C=O) groups excluding carboxylic acids is 2. The average Bonchev–Trinajstić information content (AvgIpc) is 3.33. The van der Waals surface area contributed by atoms with Gasteiger partial charge in [0.15, 0.2) is 0 Å². The standard InChI is InChI=1S/C39H35NO7S2/c1-22-17-28(35-30-13-9-8-11-26(30)19-33-34(35)24(3)25(4)48-33)18-23(2)36(22)47-49(43,44)29-14-15-31(38(42)46-39(5,6)7)32(20-29)45-37(41)27-12-10-16-40-21-27/h8-21H,1-7H3. The summed E-state index contributed by atoms with van der Waals surface area (Å²) in [5.41, 5.74) is 3.65. The summed E-state index contributed by atoms with van der Waals surface area (Å²) in [4.78, 5) is 30.9. The third-order valence-corrected chi connectivity index (χ3v) is 10.5. The molecule has 10 heteroatoms. The molecule has 0 bridgehead atoms. The Kier molecular flexibility index (Phi) is 8.81. The lowest BCUT2D eigenvalue weighted by molar-refractivity contribution is 0.00666. The molecular formula is C39H35NO7S2. The lowest BCUT2D eigenvalue weighted by atomic mass is 9.91. The highest BCUT2D eigenvalue weighted by atomic mass is 32.2. The van der Waals surface area contributed by atoms with Gasteiger partial charge in [-0.1, -0.05) is 24.3 Å². The molecule has 0 aliphatic rings. The molecule has 0 spiro atoms. The zero-order valence-corrected chi connectivity index (χ0v) is 29.8. The largest absolute Gasteiger partial charge is 0.456 e. The number of aryl methyl sites for hydroxylation is 4. The van der Waals surface area contributed by atoms with Gasteiger partial charge in [0.2, 0.25) is 0 Å². The molecule has 0 aliphatic heterocycles. The zero-order valence-electron chi connectivity index (χ0n) is 28.2. The number of esters is 2. The van der Waals surface area contributed by atoms with Crippen LogP contribution in [0.1, 0.15) is 63.1 Å². The quantitative estimate of drug-likeness (QED) is 0.0925. The number of hydrogen-bond acceptors (Lipinski definition) is 9. The van der Waals surface area contributed by atoms with Crippen LogP contribution in [0.2, 0.25) is 0 Å². The van der Waals surface area contributed by atoms with Crippen LogP contribution in [0.15, 0.2) is 90.1 Å². The van der Waals surface area contributed by atoms with Gasteiger partial charge in [-0.15, -0.1) is 11.3 Å². The van der Waals surface area contributed by atoms with Gasteiger partial charge in [0.05, 0.1) is 5.56 Å². The molecule has 0 aliphatic carbocycles. The van der Waals surface area contributed by atoms with E-state index in [1.807, 2.05) is 38.1 Å². The molecule has 2 aromatic heterocycles. The maximum Gasteiger partial charge on any atom is 0.345 e. The first-order valence-electron chi connectivity index (χ1n) is 15.6. The molecule has 6 aromatic rings. The number of rotatable bonds is 7. The van der Waals surface area contributed by atoms with Crippen molar-refractivity contribution < 1.29 is 31.7 Å². The molecule has 4 aromatic carbocycles. The fourth-order valence-electron chi connectivity index (χ4n) is 5.76. The summed E-state index contributed by atoms with van der Waals surface area (Å²) in [6.07, 6.45) is 2.80. The van der Waals surface area contributed by atoms with E-state index < -0.39 is 27.7 Å². The van der Waals surface area contributed by atoms with Gasteiger partial charge in [-0.05, 0) is 130 Å². The summed E-state index contributed by atoms with van der Waals surface area (Å²) in [6, 6.07) is 21.0. The Morgan fingerprint density at radius 3 is 2.22 bits per heavy atom. The van der Waals surface area contributed by atoms with Crippen molar-refractivity contribution in [3.8, 4) is 22.6 Å². The Labute approximate surface area is 289 Å². The first-order valence-corrected chi connectivity index (χ1v) is 17.8. The fourth-order valence-corrected chi connectivity index (χ4v) is 7.96. The average molecular weight is 694 g/mol. The molecule has 0 N–H and O–H groups in total. The van der Waals surface area contributed by atoms with Gasteiger partial charge in [-0.3, -0.25) is 4.98 Å². The van der Waals surface area contributed by atoms with E-state index in [4.69, 9.17) is 13.7 Å². The number of carbonyl (C=O) groups is 2. The molecule has 0 radical (unpaired) electrons. The van der Waals surface area contributed by atoms with Gasteiger partial charge < -0.3 is 13.7 Å². The molecule has 2 heterocycles. The Morgan fingerprint density at radius 1 is 0.837 bits per heavy atom. The van der Waals surface area contributed by atoms with Gasteiger partial charge in [0.25, 0.3) is 0 Å². The summed E-state index contributed by atoms with van der Waals surface area (Å²) >= 11 is 1.76.